The smallest absolute Gasteiger partial charge is 0.167 e. The first-order chi connectivity index (χ1) is 7.72. The van der Waals surface area contributed by atoms with Crippen LogP contribution in [0.1, 0.15) is 5.69 Å². The molecule has 0 amide bonds. The number of methoxy groups -OCH3 is 1. The molecule has 2 aromatic heterocycles. The zero-order valence-corrected chi connectivity index (χ0v) is 9.71. The average molecular weight is 221 g/mol. The van der Waals surface area contributed by atoms with Crippen molar-refractivity contribution >= 4 is 0 Å². The van der Waals surface area contributed by atoms with Gasteiger partial charge < -0.3 is 9.30 Å². The molecule has 0 aliphatic carbocycles. The van der Waals surface area contributed by atoms with Crippen LogP contribution >= 0.6 is 0 Å². The minimum atomic E-state index is 0.643. The highest BCUT2D eigenvalue weighted by Crippen LogP contribution is 2.19. The van der Waals surface area contributed by atoms with E-state index in [9.17, 15) is 0 Å². The lowest BCUT2D eigenvalue weighted by Crippen LogP contribution is -2.05. The molecule has 0 atom stereocenters. The van der Waals surface area contributed by atoms with Gasteiger partial charge in [-0.05, 0) is 6.92 Å². The van der Waals surface area contributed by atoms with Crippen LogP contribution in [-0.4, -0.2) is 38.3 Å². The van der Waals surface area contributed by atoms with E-state index in [0.717, 1.165) is 23.6 Å². The maximum Gasteiger partial charge on any atom is 0.167 e. The second-order valence-electron chi connectivity index (χ2n) is 3.64. The summed E-state index contributed by atoms with van der Waals surface area (Å²) < 4.78 is 8.79. The first-order valence-electron chi connectivity index (χ1n) is 5.09. The molecule has 0 fully saturated rings. The molecule has 86 valence electrons. The fourth-order valence-electron chi connectivity index (χ4n) is 1.64. The largest absolute Gasteiger partial charge is 0.383 e. The molecule has 0 saturated carbocycles. The van der Waals surface area contributed by atoms with Crippen LogP contribution in [-0.2, 0) is 18.3 Å². The predicted octanol–water partition coefficient (Wildman–Crippen LogP) is 0.633. The Morgan fingerprint density at radius 3 is 2.88 bits per heavy atom. The van der Waals surface area contributed by atoms with Gasteiger partial charge in [-0.3, -0.25) is 4.68 Å². The molecule has 2 aromatic rings. The van der Waals surface area contributed by atoms with E-state index in [1.807, 2.05) is 24.7 Å². The van der Waals surface area contributed by atoms with Crippen molar-refractivity contribution in [2.24, 2.45) is 7.05 Å². The molecule has 16 heavy (non-hydrogen) atoms. The Morgan fingerprint density at radius 2 is 2.25 bits per heavy atom. The van der Waals surface area contributed by atoms with E-state index in [4.69, 9.17) is 4.74 Å². The molecule has 0 aromatic carbocycles. The van der Waals surface area contributed by atoms with Gasteiger partial charge in [0.05, 0.1) is 17.9 Å². The molecule has 0 radical (unpaired) electrons. The van der Waals surface area contributed by atoms with E-state index in [2.05, 4.69) is 15.3 Å². The van der Waals surface area contributed by atoms with Gasteiger partial charge >= 0.3 is 0 Å². The first kappa shape index (κ1) is 10.8. The Balaban J connectivity index is 2.33. The Bertz CT molecular complexity index is 473. The number of ether oxygens (including phenoxy) is 1. The van der Waals surface area contributed by atoms with Crippen LogP contribution in [0.25, 0.3) is 11.4 Å². The fraction of sp³-hybridized carbons (Fsp3) is 0.500. The van der Waals surface area contributed by atoms with Crippen molar-refractivity contribution in [3.63, 3.8) is 0 Å². The van der Waals surface area contributed by atoms with Crippen molar-refractivity contribution in [1.82, 2.24) is 24.5 Å². The van der Waals surface area contributed by atoms with Crippen molar-refractivity contribution in [3.05, 3.63) is 18.2 Å². The molecular formula is C10H15N5O. The van der Waals surface area contributed by atoms with E-state index < -0.39 is 0 Å². The third-order valence-corrected chi connectivity index (χ3v) is 2.41. The monoisotopic (exact) mass is 221 g/mol. The summed E-state index contributed by atoms with van der Waals surface area (Å²) in [6, 6.07) is 0. The van der Waals surface area contributed by atoms with Gasteiger partial charge in [0.15, 0.2) is 5.82 Å². The Morgan fingerprint density at radius 1 is 1.44 bits per heavy atom. The summed E-state index contributed by atoms with van der Waals surface area (Å²) in [5.41, 5.74) is 1.96. The third kappa shape index (κ3) is 1.96. The van der Waals surface area contributed by atoms with Crippen LogP contribution < -0.4 is 0 Å². The molecule has 0 saturated heterocycles. The van der Waals surface area contributed by atoms with Gasteiger partial charge in [-0.2, -0.15) is 5.10 Å². The summed E-state index contributed by atoms with van der Waals surface area (Å²) in [6.07, 6.45) is 3.66. The molecule has 2 rings (SSSR count). The maximum atomic E-state index is 5.04. The van der Waals surface area contributed by atoms with Crippen LogP contribution in [0.2, 0.25) is 0 Å². The lowest BCUT2D eigenvalue weighted by atomic mass is 10.2. The summed E-state index contributed by atoms with van der Waals surface area (Å²) in [4.78, 5) is 0. The second-order valence-corrected chi connectivity index (χ2v) is 3.64. The van der Waals surface area contributed by atoms with E-state index in [0.29, 0.717) is 6.61 Å². The standard InChI is InChI=1S/C10H15N5O/c1-8-9(6-14(2)13-8)10-12-11-7-15(10)4-5-16-3/h6-7H,4-5H2,1-3H3. The van der Waals surface area contributed by atoms with Crippen molar-refractivity contribution in [3.8, 4) is 11.4 Å². The van der Waals surface area contributed by atoms with Gasteiger partial charge in [-0.25, -0.2) is 0 Å². The lowest BCUT2D eigenvalue weighted by molar-refractivity contribution is 0.187. The topological polar surface area (TPSA) is 57.8 Å². The molecular weight excluding hydrogens is 206 g/mol. The third-order valence-electron chi connectivity index (χ3n) is 2.41. The highest BCUT2D eigenvalue weighted by Gasteiger charge is 2.12. The Labute approximate surface area is 93.9 Å². The highest BCUT2D eigenvalue weighted by molar-refractivity contribution is 5.56. The summed E-state index contributed by atoms with van der Waals surface area (Å²) in [6.45, 7) is 3.35. The second kappa shape index (κ2) is 4.44. The maximum absolute atomic E-state index is 5.04. The molecule has 0 N–H and O–H groups in total. The molecule has 0 unspecified atom stereocenters. The Kier molecular flexibility index (Phi) is 3.00. The minimum absolute atomic E-state index is 0.643. The lowest BCUT2D eigenvalue weighted by Gasteiger charge is -2.04. The van der Waals surface area contributed by atoms with Crippen molar-refractivity contribution in [1.29, 1.82) is 0 Å². The fourth-order valence-corrected chi connectivity index (χ4v) is 1.64. The summed E-state index contributed by atoms with van der Waals surface area (Å²) in [7, 11) is 3.58. The van der Waals surface area contributed by atoms with Crippen LogP contribution in [0.4, 0.5) is 0 Å². The number of aromatic nitrogens is 5. The van der Waals surface area contributed by atoms with Gasteiger partial charge in [0, 0.05) is 26.9 Å². The van der Waals surface area contributed by atoms with Gasteiger partial charge in [0.25, 0.3) is 0 Å². The van der Waals surface area contributed by atoms with E-state index in [1.165, 1.54) is 0 Å². The van der Waals surface area contributed by atoms with Gasteiger partial charge in [0.1, 0.15) is 6.33 Å². The number of rotatable bonds is 4. The summed E-state index contributed by atoms with van der Waals surface area (Å²) >= 11 is 0. The molecule has 6 nitrogen and oxygen atoms in total. The molecule has 2 heterocycles. The van der Waals surface area contributed by atoms with Crippen LogP contribution in [0.5, 0.6) is 0 Å². The van der Waals surface area contributed by atoms with Crippen LogP contribution in [0, 0.1) is 6.92 Å². The van der Waals surface area contributed by atoms with E-state index in [-0.39, 0.29) is 0 Å². The van der Waals surface area contributed by atoms with Gasteiger partial charge in [-0.1, -0.05) is 0 Å². The quantitative estimate of drug-likeness (QED) is 0.760. The highest BCUT2D eigenvalue weighted by atomic mass is 16.5. The van der Waals surface area contributed by atoms with Crippen LogP contribution in [0.15, 0.2) is 12.5 Å². The molecule has 0 spiro atoms. The molecule has 0 aliphatic heterocycles. The predicted molar refractivity (Wildman–Crippen MR) is 58.8 cm³/mol. The van der Waals surface area contributed by atoms with E-state index in [1.54, 1.807) is 18.1 Å². The van der Waals surface area contributed by atoms with Crippen molar-refractivity contribution < 1.29 is 4.74 Å². The SMILES string of the molecule is COCCn1cnnc1-c1cn(C)nc1C. The first-order valence-corrected chi connectivity index (χ1v) is 5.09. The Hall–Kier alpha value is -1.69. The molecule has 0 aliphatic rings. The number of hydrogen-bond acceptors (Lipinski definition) is 4. The van der Waals surface area contributed by atoms with Crippen molar-refractivity contribution in [2.45, 2.75) is 13.5 Å². The number of nitrogens with zero attached hydrogens (tertiary/aromatic N) is 5. The summed E-state index contributed by atoms with van der Waals surface area (Å²) in [5, 5.41) is 12.3. The summed E-state index contributed by atoms with van der Waals surface area (Å²) in [5.74, 6) is 0.836. The van der Waals surface area contributed by atoms with Crippen molar-refractivity contribution in [2.75, 3.05) is 13.7 Å². The molecule has 6 heteroatoms. The van der Waals surface area contributed by atoms with Crippen LogP contribution in [0.3, 0.4) is 0 Å². The zero-order chi connectivity index (χ0) is 11.5. The van der Waals surface area contributed by atoms with Gasteiger partial charge in [-0.15, -0.1) is 10.2 Å². The van der Waals surface area contributed by atoms with Gasteiger partial charge in [0.2, 0.25) is 0 Å². The molecule has 0 bridgehead atoms. The van der Waals surface area contributed by atoms with E-state index >= 15 is 0 Å². The minimum Gasteiger partial charge on any atom is -0.383 e. The normalized spacial score (nSPS) is 10.9. The average Bonchev–Trinajstić information content (AvgIpc) is 2.81. The number of aryl methyl sites for hydroxylation is 2. The zero-order valence-electron chi connectivity index (χ0n) is 9.71. The number of hydrogen-bond donors (Lipinski definition) is 0.